The van der Waals surface area contributed by atoms with Gasteiger partial charge in [-0.15, -0.1) is 11.3 Å². The van der Waals surface area contributed by atoms with Crippen LogP contribution in [-0.2, 0) is 11.2 Å². The zero-order valence-corrected chi connectivity index (χ0v) is 10.3. The van der Waals surface area contributed by atoms with Gasteiger partial charge in [0, 0.05) is 10.3 Å². The molecule has 0 fully saturated rings. The summed E-state index contributed by atoms with van der Waals surface area (Å²) in [5.41, 5.74) is 0.547. The largest absolute Gasteiger partial charge is 0.461 e. The quantitative estimate of drug-likeness (QED) is 0.828. The Labute approximate surface area is 98.4 Å². The fourth-order valence-electron chi connectivity index (χ4n) is 1.67. The molecule has 2 rings (SSSR count). The molecule has 4 heteroatoms. The molecule has 0 aliphatic rings. The highest BCUT2D eigenvalue weighted by atomic mass is 32.1. The number of ether oxygens (including phenoxy) is 1. The lowest BCUT2D eigenvalue weighted by atomic mass is 10.2. The van der Waals surface area contributed by atoms with Crippen LogP contribution < -0.4 is 0 Å². The highest BCUT2D eigenvalue weighted by Gasteiger charge is 2.12. The Morgan fingerprint density at radius 2 is 2.25 bits per heavy atom. The molecular formula is C12H15NO2S. The number of esters is 1. The Hall–Kier alpha value is -1.29. The molecule has 0 aliphatic carbocycles. The molecule has 3 nitrogen and oxygen atoms in total. The third kappa shape index (κ3) is 2.11. The average molecular weight is 237 g/mol. The number of nitrogens with one attached hydrogen (secondary N) is 1. The fourth-order valence-corrected chi connectivity index (χ4v) is 2.82. The minimum absolute atomic E-state index is 0.275. The number of aromatic amines is 1. The number of thiophene rings is 1. The standard InChI is InChI=1S/C12H15NO2S/c1-3-5-9-6-8-7-10(12(14)15-4-2)13-11(8)16-9/h6-7,13H,3-5H2,1-2H3. The van der Waals surface area contributed by atoms with Gasteiger partial charge in [0.1, 0.15) is 10.5 Å². The van der Waals surface area contributed by atoms with E-state index < -0.39 is 0 Å². The highest BCUT2D eigenvalue weighted by molar-refractivity contribution is 7.18. The molecule has 0 saturated carbocycles. The lowest BCUT2D eigenvalue weighted by Crippen LogP contribution is -2.04. The van der Waals surface area contributed by atoms with Crippen LogP contribution in [0, 0.1) is 0 Å². The SMILES string of the molecule is CCCc1cc2cc(C(=O)OCC)[nH]c2s1. The van der Waals surface area contributed by atoms with Crippen LogP contribution in [-0.4, -0.2) is 17.6 Å². The zero-order valence-electron chi connectivity index (χ0n) is 9.50. The maximum absolute atomic E-state index is 11.5. The number of carbonyl (C=O) groups is 1. The Balaban J connectivity index is 2.25. The van der Waals surface area contributed by atoms with Crippen molar-refractivity contribution in [3.05, 3.63) is 22.7 Å². The van der Waals surface area contributed by atoms with E-state index in [1.165, 1.54) is 4.88 Å². The number of fused-ring (bicyclic) bond motifs is 1. The maximum Gasteiger partial charge on any atom is 0.354 e. The molecule has 0 unspecified atom stereocenters. The average Bonchev–Trinajstić information content (AvgIpc) is 2.76. The van der Waals surface area contributed by atoms with Crippen molar-refractivity contribution in [2.45, 2.75) is 26.7 Å². The van der Waals surface area contributed by atoms with Gasteiger partial charge in [-0.1, -0.05) is 13.3 Å². The van der Waals surface area contributed by atoms with Gasteiger partial charge in [0.15, 0.2) is 0 Å². The van der Waals surface area contributed by atoms with Crippen molar-refractivity contribution >= 4 is 27.5 Å². The summed E-state index contributed by atoms with van der Waals surface area (Å²) < 4.78 is 4.94. The first kappa shape index (κ1) is 11.2. The summed E-state index contributed by atoms with van der Waals surface area (Å²) in [6.07, 6.45) is 2.25. The fraction of sp³-hybridized carbons (Fsp3) is 0.417. The van der Waals surface area contributed by atoms with Gasteiger partial charge in [-0.25, -0.2) is 4.79 Å². The number of rotatable bonds is 4. The third-order valence-corrected chi connectivity index (χ3v) is 3.48. The molecule has 0 amide bonds. The minimum atomic E-state index is -0.275. The molecule has 86 valence electrons. The molecule has 0 aromatic carbocycles. The van der Waals surface area contributed by atoms with Crippen molar-refractivity contribution in [1.82, 2.24) is 4.98 Å². The molecule has 2 aromatic rings. The monoisotopic (exact) mass is 237 g/mol. The number of aromatic nitrogens is 1. The van der Waals surface area contributed by atoms with Crippen LogP contribution in [0.5, 0.6) is 0 Å². The van der Waals surface area contributed by atoms with Crippen molar-refractivity contribution in [3.8, 4) is 0 Å². The van der Waals surface area contributed by atoms with Crippen LogP contribution in [0.3, 0.4) is 0 Å². The van der Waals surface area contributed by atoms with E-state index in [0.717, 1.165) is 23.1 Å². The van der Waals surface area contributed by atoms with E-state index in [-0.39, 0.29) is 5.97 Å². The van der Waals surface area contributed by atoms with Crippen LogP contribution in [0.2, 0.25) is 0 Å². The Kier molecular flexibility index (Phi) is 3.29. The molecular weight excluding hydrogens is 222 g/mol. The Bertz CT molecular complexity index is 467. The molecule has 0 saturated heterocycles. The summed E-state index contributed by atoms with van der Waals surface area (Å²) in [6.45, 7) is 4.38. The first-order valence-electron chi connectivity index (χ1n) is 5.53. The number of H-pyrrole nitrogens is 1. The van der Waals surface area contributed by atoms with Crippen LogP contribution >= 0.6 is 11.3 Å². The Morgan fingerprint density at radius 1 is 1.44 bits per heavy atom. The number of hydrogen-bond acceptors (Lipinski definition) is 3. The van der Waals surface area contributed by atoms with E-state index >= 15 is 0 Å². The molecule has 0 spiro atoms. The summed E-state index contributed by atoms with van der Waals surface area (Å²) in [5, 5.41) is 1.11. The van der Waals surface area contributed by atoms with Gasteiger partial charge in [0.2, 0.25) is 0 Å². The predicted molar refractivity (Wildman–Crippen MR) is 66.1 cm³/mol. The van der Waals surface area contributed by atoms with E-state index in [4.69, 9.17) is 4.74 Å². The van der Waals surface area contributed by atoms with Crippen LogP contribution in [0.1, 0.15) is 35.6 Å². The van der Waals surface area contributed by atoms with Gasteiger partial charge >= 0.3 is 5.97 Å². The highest BCUT2D eigenvalue weighted by Crippen LogP contribution is 2.27. The third-order valence-electron chi connectivity index (χ3n) is 2.35. The minimum Gasteiger partial charge on any atom is -0.461 e. The van der Waals surface area contributed by atoms with Crippen molar-refractivity contribution in [2.24, 2.45) is 0 Å². The number of aryl methyl sites for hydroxylation is 1. The summed E-state index contributed by atoms with van der Waals surface area (Å²) >= 11 is 1.71. The van der Waals surface area contributed by atoms with E-state index in [1.54, 1.807) is 11.3 Å². The number of hydrogen-bond donors (Lipinski definition) is 1. The normalized spacial score (nSPS) is 10.9. The lowest BCUT2D eigenvalue weighted by Gasteiger charge is -1.97. The van der Waals surface area contributed by atoms with Gasteiger partial charge in [0.05, 0.1) is 6.61 Å². The van der Waals surface area contributed by atoms with Gasteiger partial charge in [-0.05, 0) is 25.5 Å². The molecule has 0 atom stereocenters. The van der Waals surface area contributed by atoms with E-state index in [2.05, 4.69) is 18.0 Å². The van der Waals surface area contributed by atoms with Crippen molar-refractivity contribution in [2.75, 3.05) is 6.61 Å². The van der Waals surface area contributed by atoms with Crippen LogP contribution in [0.15, 0.2) is 12.1 Å². The molecule has 16 heavy (non-hydrogen) atoms. The summed E-state index contributed by atoms with van der Waals surface area (Å²) in [6, 6.07) is 4.01. The maximum atomic E-state index is 11.5. The van der Waals surface area contributed by atoms with Crippen molar-refractivity contribution in [3.63, 3.8) is 0 Å². The first-order chi connectivity index (χ1) is 7.74. The zero-order chi connectivity index (χ0) is 11.5. The van der Waals surface area contributed by atoms with Crippen LogP contribution in [0.4, 0.5) is 0 Å². The molecule has 0 aliphatic heterocycles. The summed E-state index contributed by atoms with van der Waals surface area (Å²) in [7, 11) is 0. The first-order valence-corrected chi connectivity index (χ1v) is 6.34. The molecule has 2 heterocycles. The van der Waals surface area contributed by atoms with E-state index in [1.807, 2.05) is 13.0 Å². The second-order valence-electron chi connectivity index (χ2n) is 3.65. The summed E-state index contributed by atoms with van der Waals surface area (Å²) in [4.78, 5) is 17.0. The van der Waals surface area contributed by atoms with Gasteiger partial charge < -0.3 is 9.72 Å². The molecule has 2 aromatic heterocycles. The second-order valence-corrected chi connectivity index (χ2v) is 4.79. The molecule has 1 N–H and O–H groups in total. The van der Waals surface area contributed by atoms with Gasteiger partial charge in [-0.2, -0.15) is 0 Å². The predicted octanol–water partition coefficient (Wildman–Crippen LogP) is 3.36. The number of carbonyl (C=O) groups excluding carboxylic acids is 1. The Morgan fingerprint density at radius 3 is 2.88 bits per heavy atom. The van der Waals surface area contributed by atoms with Gasteiger partial charge in [0.25, 0.3) is 0 Å². The van der Waals surface area contributed by atoms with Gasteiger partial charge in [-0.3, -0.25) is 0 Å². The van der Waals surface area contributed by atoms with E-state index in [9.17, 15) is 4.79 Å². The second kappa shape index (κ2) is 4.70. The molecule has 0 bridgehead atoms. The topological polar surface area (TPSA) is 42.1 Å². The van der Waals surface area contributed by atoms with Crippen molar-refractivity contribution in [1.29, 1.82) is 0 Å². The lowest BCUT2D eigenvalue weighted by molar-refractivity contribution is 0.0520. The van der Waals surface area contributed by atoms with E-state index in [0.29, 0.717) is 12.3 Å². The molecule has 0 radical (unpaired) electrons. The van der Waals surface area contributed by atoms with Crippen LogP contribution in [0.25, 0.3) is 10.2 Å². The summed E-state index contributed by atoms with van der Waals surface area (Å²) in [5.74, 6) is -0.275. The van der Waals surface area contributed by atoms with Crippen molar-refractivity contribution < 1.29 is 9.53 Å². The smallest absolute Gasteiger partial charge is 0.354 e.